The summed E-state index contributed by atoms with van der Waals surface area (Å²) in [6.07, 6.45) is 14.4. The third-order valence-corrected chi connectivity index (χ3v) is 6.92. The number of methoxy groups -OCH3 is 1. The van der Waals surface area contributed by atoms with Crippen LogP contribution in [-0.4, -0.2) is 44.4 Å². The number of unbranched alkanes of at least 4 members (excludes halogenated alkanes) is 5. The van der Waals surface area contributed by atoms with E-state index in [1.807, 2.05) is 25.2 Å². The summed E-state index contributed by atoms with van der Waals surface area (Å²) in [6, 6.07) is 11.9. The smallest absolute Gasteiger partial charge is 0.307 e. The lowest BCUT2D eigenvalue weighted by molar-refractivity contribution is -0.135. The van der Waals surface area contributed by atoms with Crippen molar-refractivity contribution in [3.05, 3.63) is 71.9 Å². The minimum atomic E-state index is -0.913. The first-order valence-corrected chi connectivity index (χ1v) is 13.8. The maximum atomic E-state index is 10.9. The number of nitrogens with zero attached hydrogens (tertiary/aromatic N) is 3. The van der Waals surface area contributed by atoms with E-state index in [4.69, 9.17) is 14.6 Å². The third kappa shape index (κ3) is 9.87. The third-order valence-electron chi connectivity index (χ3n) is 6.02. The van der Waals surface area contributed by atoms with E-state index >= 15 is 0 Å². The number of pyridine rings is 1. The molecule has 1 aromatic carbocycles. The quantitative estimate of drug-likeness (QED) is 0.121. The first kappa shape index (κ1) is 29.3. The molecule has 1 atom stereocenters. The molecule has 3 aromatic rings. The van der Waals surface area contributed by atoms with Gasteiger partial charge in [-0.3, -0.25) is 4.79 Å². The molecule has 9 heteroatoms. The summed E-state index contributed by atoms with van der Waals surface area (Å²) in [4.78, 5) is 19.7. The monoisotopic (exact) mass is 539 g/mol. The lowest BCUT2D eigenvalue weighted by Crippen LogP contribution is -2.03. The van der Waals surface area contributed by atoms with Gasteiger partial charge in [0, 0.05) is 19.4 Å². The van der Waals surface area contributed by atoms with Crippen LogP contribution in [0, 0.1) is 0 Å². The van der Waals surface area contributed by atoms with Crippen molar-refractivity contribution in [2.24, 2.45) is 7.05 Å². The minimum Gasteiger partial charge on any atom is -0.497 e. The van der Waals surface area contributed by atoms with E-state index in [1.165, 1.54) is 36.6 Å². The molecule has 3 rings (SSSR count). The molecule has 2 heterocycles. The van der Waals surface area contributed by atoms with Crippen LogP contribution in [0.3, 0.4) is 0 Å². The molecular formula is C29H37N3O5S. The highest BCUT2D eigenvalue weighted by molar-refractivity contribution is 7.99. The number of carbonyl (C=O) groups is 1. The van der Waals surface area contributed by atoms with Crippen LogP contribution in [0.1, 0.15) is 67.5 Å². The van der Waals surface area contributed by atoms with Crippen molar-refractivity contribution in [3.63, 3.8) is 0 Å². The van der Waals surface area contributed by atoms with Crippen molar-refractivity contribution < 1.29 is 24.5 Å². The zero-order valence-corrected chi connectivity index (χ0v) is 22.9. The van der Waals surface area contributed by atoms with Gasteiger partial charge in [0.2, 0.25) is 0 Å². The second-order valence-corrected chi connectivity index (χ2v) is 10.1. The fourth-order valence-electron chi connectivity index (χ4n) is 3.92. The molecule has 0 saturated heterocycles. The molecule has 0 aliphatic carbocycles. The average Bonchev–Trinajstić information content (AvgIpc) is 3.34. The number of imidazole rings is 1. The Morgan fingerprint density at radius 2 is 1.82 bits per heavy atom. The van der Waals surface area contributed by atoms with Gasteiger partial charge in [-0.05, 0) is 55.2 Å². The molecule has 8 nitrogen and oxygen atoms in total. The Bertz CT molecular complexity index is 1160. The Labute approximate surface area is 228 Å². The van der Waals surface area contributed by atoms with Crippen molar-refractivity contribution in [3.8, 4) is 11.5 Å². The number of benzene rings is 1. The molecule has 0 aliphatic heterocycles. The molecule has 0 saturated carbocycles. The van der Waals surface area contributed by atoms with E-state index in [2.05, 4.69) is 22.1 Å². The van der Waals surface area contributed by atoms with Gasteiger partial charge in [-0.15, -0.1) is 0 Å². The van der Waals surface area contributed by atoms with Crippen molar-refractivity contribution in [2.75, 3.05) is 13.7 Å². The van der Waals surface area contributed by atoms with Gasteiger partial charge in [-0.25, -0.2) is 9.97 Å². The Hall–Kier alpha value is -3.30. The molecule has 0 bridgehead atoms. The maximum Gasteiger partial charge on any atom is 0.307 e. The van der Waals surface area contributed by atoms with Crippen LogP contribution in [0.5, 0.6) is 11.5 Å². The summed E-state index contributed by atoms with van der Waals surface area (Å²) in [5, 5.41) is 20.1. The first-order chi connectivity index (χ1) is 18.5. The molecule has 204 valence electrons. The minimum absolute atomic E-state index is 0.104. The van der Waals surface area contributed by atoms with Gasteiger partial charge in [0.05, 0.1) is 25.2 Å². The van der Waals surface area contributed by atoms with Crippen molar-refractivity contribution >= 4 is 23.8 Å². The normalized spacial score (nSPS) is 12.1. The van der Waals surface area contributed by atoms with E-state index in [1.54, 1.807) is 42.3 Å². The number of aromatic nitrogens is 3. The van der Waals surface area contributed by atoms with Gasteiger partial charge in [0.1, 0.15) is 23.0 Å². The van der Waals surface area contributed by atoms with Crippen LogP contribution in [0.4, 0.5) is 0 Å². The second-order valence-electron chi connectivity index (χ2n) is 8.97. The number of ether oxygens (including phenoxy) is 2. The Morgan fingerprint density at radius 3 is 2.50 bits per heavy atom. The lowest BCUT2D eigenvalue weighted by Gasteiger charge is -2.13. The zero-order chi connectivity index (χ0) is 27.2. The maximum absolute atomic E-state index is 10.9. The largest absolute Gasteiger partial charge is 0.497 e. The Kier molecular flexibility index (Phi) is 12.2. The van der Waals surface area contributed by atoms with E-state index < -0.39 is 11.4 Å². The van der Waals surface area contributed by atoms with E-state index in [0.717, 1.165) is 31.4 Å². The number of aliphatic carboxylic acids is 1. The fourth-order valence-corrected chi connectivity index (χ4v) is 4.78. The van der Waals surface area contributed by atoms with Crippen molar-refractivity contribution in [1.82, 2.24) is 14.5 Å². The number of hydrogen-bond donors (Lipinski definition) is 2. The van der Waals surface area contributed by atoms with Gasteiger partial charge in [0.25, 0.3) is 0 Å². The second kappa shape index (κ2) is 15.8. The zero-order valence-electron chi connectivity index (χ0n) is 22.1. The summed E-state index contributed by atoms with van der Waals surface area (Å²) in [5.41, 5.74) is 1.01. The number of aryl methyl sites for hydroxylation is 2. The highest BCUT2D eigenvalue weighted by Gasteiger charge is 2.16. The van der Waals surface area contributed by atoms with Crippen LogP contribution < -0.4 is 9.47 Å². The number of hydrogen-bond acceptors (Lipinski definition) is 7. The van der Waals surface area contributed by atoms with Crippen LogP contribution >= 0.6 is 11.8 Å². The number of carboxylic acid groups (broad SMARTS) is 1. The average molecular weight is 540 g/mol. The Balaban J connectivity index is 1.42. The molecule has 2 N–H and O–H groups in total. The SMILES string of the molecule is COc1ccc(CCCCCCCCOc2ccc(SC(O)c3nccn3C)nc2C=CCC(=O)O)cc1. The van der Waals surface area contributed by atoms with Gasteiger partial charge >= 0.3 is 5.97 Å². The number of aliphatic hydroxyl groups excluding tert-OH is 1. The number of thioether (sulfide) groups is 1. The molecule has 38 heavy (non-hydrogen) atoms. The molecular weight excluding hydrogens is 502 g/mol. The highest BCUT2D eigenvalue weighted by atomic mass is 32.2. The Morgan fingerprint density at radius 1 is 1.08 bits per heavy atom. The van der Waals surface area contributed by atoms with E-state index in [0.29, 0.717) is 28.9 Å². The molecule has 2 aromatic heterocycles. The summed E-state index contributed by atoms with van der Waals surface area (Å²) in [6.45, 7) is 0.565. The topological polar surface area (TPSA) is 107 Å². The summed E-state index contributed by atoms with van der Waals surface area (Å²) >= 11 is 1.17. The molecule has 1 unspecified atom stereocenters. The summed E-state index contributed by atoms with van der Waals surface area (Å²) in [5.74, 6) is 1.11. The van der Waals surface area contributed by atoms with Crippen molar-refractivity contribution in [1.29, 1.82) is 0 Å². The fraction of sp³-hybridized carbons (Fsp3) is 0.414. The number of rotatable bonds is 17. The molecule has 0 spiro atoms. The summed E-state index contributed by atoms with van der Waals surface area (Å²) in [7, 11) is 3.50. The number of aliphatic hydroxyl groups is 1. The molecule has 0 fully saturated rings. The van der Waals surface area contributed by atoms with Gasteiger partial charge in [0.15, 0.2) is 5.44 Å². The summed E-state index contributed by atoms with van der Waals surface area (Å²) < 4.78 is 12.9. The van der Waals surface area contributed by atoms with Gasteiger partial charge in [-0.2, -0.15) is 0 Å². The van der Waals surface area contributed by atoms with E-state index in [-0.39, 0.29) is 6.42 Å². The van der Waals surface area contributed by atoms with Crippen LogP contribution in [0.25, 0.3) is 6.08 Å². The predicted octanol–water partition coefficient (Wildman–Crippen LogP) is 6.06. The number of carboxylic acids is 1. The van der Waals surface area contributed by atoms with Crippen LogP contribution in [-0.2, 0) is 18.3 Å². The molecule has 0 radical (unpaired) electrons. The van der Waals surface area contributed by atoms with Crippen LogP contribution in [0.15, 0.2) is 59.9 Å². The molecule has 0 aliphatic rings. The molecule has 0 amide bonds. The van der Waals surface area contributed by atoms with Crippen molar-refractivity contribution in [2.45, 2.75) is 61.8 Å². The highest BCUT2D eigenvalue weighted by Crippen LogP contribution is 2.33. The first-order valence-electron chi connectivity index (χ1n) is 12.9. The van der Waals surface area contributed by atoms with Gasteiger partial charge < -0.3 is 24.3 Å². The van der Waals surface area contributed by atoms with Crippen LogP contribution in [0.2, 0.25) is 0 Å². The standard InChI is InChI=1S/C29H37N3O5S/c1-32-20-19-30-28(32)29(35)38-26-18-17-25(24(31-26)11-9-12-27(33)34)37-21-8-6-4-3-5-7-10-22-13-15-23(36-2)16-14-22/h9,11,13-20,29,35H,3-8,10,12,21H2,1-2H3,(H,33,34). The van der Waals surface area contributed by atoms with E-state index in [9.17, 15) is 9.90 Å². The van der Waals surface area contributed by atoms with Gasteiger partial charge in [-0.1, -0.05) is 55.7 Å². The predicted molar refractivity (Wildman–Crippen MR) is 149 cm³/mol. The lowest BCUT2D eigenvalue weighted by atomic mass is 10.0.